The van der Waals surface area contributed by atoms with E-state index in [4.69, 9.17) is 10.5 Å². The van der Waals surface area contributed by atoms with Crippen LogP contribution < -0.4 is 5.73 Å². The molecule has 0 aromatic heterocycles. The number of amides is 1. The van der Waals surface area contributed by atoms with E-state index in [0.717, 1.165) is 26.2 Å². The van der Waals surface area contributed by atoms with Crippen LogP contribution in [0.25, 0.3) is 0 Å². The number of carbonyl (C=O) groups excluding carboxylic acids is 1. The lowest BCUT2D eigenvalue weighted by Gasteiger charge is -2.25. The van der Waals surface area contributed by atoms with E-state index >= 15 is 0 Å². The maximum atomic E-state index is 11.9. The summed E-state index contributed by atoms with van der Waals surface area (Å²) in [6, 6.07) is 0.0763. The highest BCUT2D eigenvalue weighted by atomic mass is 16.5. The van der Waals surface area contributed by atoms with Crippen molar-refractivity contribution in [1.82, 2.24) is 4.90 Å². The Balaban J connectivity index is 1.84. The average Bonchev–Trinajstić information content (AvgIpc) is 2.88. The maximum absolute atomic E-state index is 11.9. The molecule has 98 valence electrons. The van der Waals surface area contributed by atoms with Crippen LogP contribution in [0, 0.1) is 17.8 Å². The molecule has 2 aliphatic heterocycles. The fourth-order valence-corrected chi connectivity index (χ4v) is 2.72. The van der Waals surface area contributed by atoms with Gasteiger partial charge in [0.1, 0.15) is 0 Å². The normalized spacial score (nSPS) is 31.5. The van der Waals surface area contributed by atoms with E-state index in [1.54, 1.807) is 0 Å². The van der Waals surface area contributed by atoms with Crippen molar-refractivity contribution in [3.8, 4) is 0 Å². The van der Waals surface area contributed by atoms with Crippen LogP contribution in [0.2, 0.25) is 0 Å². The van der Waals surface area contributed by atoms with Gasteiger partial charge in [-0.25, -0.2) is 0 Å². The molecule has 3 atom stereocenters. The summed E-state index contributed by atoms with van der Waals surface area (Å²) in [5, 5.41) is 0. The van der Waals surface area contributed by atoms with Gasteiger partial charge in [-0.05, 0) is 18.3 Å². The summed E-state index contributed by atoms with van der Waals surface area (Å²) in [6.45, 7) is 7.55. The Morgan fingerprint density at radius 1 is 1.47 bits per heavy atom. The molecule has 0 spiro atoms. The number of carbonyl (C=O) groups is 1. The number of ether oxygens (including phenoxy) is 1. The second-order valence-corrected chi connectivity index (χ2v) is 5.79. The van der Waals surface area contributed by atoms with E-state index in [-0.39, 0.29) is 11.9 Å². The zero-order valence-corrected chi connectivity index (χ0v) is 10.9. The highest BCUT2D eigenvalue weighted by Gasteiger charge is 2.33. The highest BCUT2D eigenvalue weighted by Crippen LogP contribution is 2.26. The lowest BCUT2D eigenvalue weighted by atomic mass is 9.95. The van der Waals surface area contributed by atoms with Gasteiger partial charge >= 0.3 is 0 Å². The first-order chi connectivity index (χ1) is 8.08. The molecule has 2 rings (SSSR count). The maximum Gasteiger partial charge on any atom is 0.222 e. The van der Waals surface area contributed by atoms with E-state index in [1.165, 1.54) is 0 Å². The molecule has 0 aromatic carbocycles. The predicted molar refractivity (Wildman–Crippen MR) is 66.4 cm³/mol. The largest absolute Gasteiger partial charge is 0.381 e. The predicted octanol–water partition coefficient (Wildman–Crippen LogP) is 0.855. The third kappa shape index (κ3) is 2.99. The van der Waals surface area contributed by atoms with Gasteiger partial charge in [0.2, 0.25) is 5.91 Å². The summed E-state index contributed by atoms with van der Waals surface area (Å²) in [7, 11) is 0. The van der Waals surface area contributed by atoms with Crippen LogP contribution in [0.4, 0.5) is 0 Å². The van der Waals surface area contributed by atoms with Crippen molar-refractivity contribution in [2.24, 2.45) is 23.5 Å². The fraction of sp³-hybridized carbons (Fsp3) is 0.923. The quantitative estimate of drug-likeness (QED) is 0.793. The Morgan fingerprint density at radius 2 is 2.24 bits per heavy atom. The van der Waals surface area contributed by atoms with Gasteiger partial charge in [0.25, 0.3) is 0 Å². The molecule has 2 saturated heterocycles. The lowest BCUT2D eigenvalue weighted by molar-refractivity contribution is -0.128. The van der Waals surface area contributed by atoms with Crippen molar-refractivity contribution in [1.29, 1.82) is 0 Å². The van der Waals surface area contributed by atoms with E-state index in [2.05, 4.69) is 13.8 Å². The van der Waals surface area contributed by atoms with E-state index in [0.29, 0.717) is 30.7 Å². The van der Waals surface area contributed by atoms with E-state index in [9.17, 15) is 4.79 Å². The van der Waals surface area contributed by atoms with Crippen LogP contribution in [0.3, 0.4) is 0 Å². The van der Waals surface area contributed by atoms with Crippen LogP contribution in [0.15, 0.2) is 0 Å². The Morgan fingerprint density at radius 3 is 2.76 bits per heavy atom. The van der Waals surface area contributed by atoms with Gasteiger partial charge in [-0.3, -0.25) is 4.79 Å². The molecule has 2 aliphatic rings. The average molecular weight is 240 g/mol. The van der Waals surface area contributed by atoms with Gasteiger partial charge in [0.05, 0.1) is 6.61 Å². The first-order valence-corrected chi connectivity index (χ1v) is 6.69. The molecular weight excluding hydrogens is 216 g/mol. The second-order valence-electron chi connectivity index (χ2n) is 5.79. The monoisotopic (exact) mass is 240 g/mol. The molecule has 2 fully saturated rings. The number of hydrogen-bond donors (Lipinski definition) is 1. The topological polar surface area (TPSA) is 55.6 Å². The van der Waals surface area contributed by atoms with Crippen molar-refractivity contribution in [3.05, 3.63) is 0 Å². The molecule has 4 heteroatoms. The zero-order chi connectivity index (χ0) is 12.4. The molecule has 3 unspecified atom stereocenters. The molecule has 2 N–H and O–H groups in total. The first kappa shape index (κ1) is 12.8. The Labute approximate surface area is 103 Å². The summed E-state index contributed by atoms with van der Waals surface area (Å²) in [6.07, 6.45) is 1.74. The number of rotatable bonds is 4. The summed E-state index contributed by atoms with van der Waals surface area (Å²) in [4.78, 5) is 13.8. The Kier molecular flexibility index (Phi) is 4.05. The first-order valence-electron chi connectivity index (χ1n) is 6.69. The van der Waals surface area contributed by atoms with Crippen LogP contribution in [-0.2, 0) is 9.53 Å². The van der Waals surface area contributed by atoms with Gasteiger partial charge in [-0.15, -0.1) is 0 Å². The van der Waals surface area contributed by atoms with Crippen molar-refractivity contribution in [2.45, 2.75) is 32.7 Å². The molecular formula is C13H24N2O2. The van der Waals surface area contributed by atoms with Gasteiger partial charge in [-0.2, -0.15) is 0 Å². The third-order valence-corrected chi connectivity index (χ3v) is 4.19. The van der Waals surface area contributed by atoms with Crippen LogP contribution in [0.5, 0.6) is 0 Å². The molecule has 17 heavy (non-hydrogen) atoms. The highest BCUT2D eigenvalue weighted by molar-refractivity contribution is 5.78. The molecule has 1 amide bonds. The molecule has 4 nitrogen and oxygen atoms in total. The third-order valence-electron chi connectivity index (χ3n) is 4.19. The summed E-state index contributed by atoms with van der Waals surface area (Å²) < 4.78 is 5.35. The smallest absolute Gasteiger partial charge is 0.222 e. The molecule has 2 heterocycles. The Hall–Kier alpha value is -0.610. The van der Waals surface area contributed by atoms with E-state index in [1.807, 2.05) is 4.90 Å². The number of nitrogens with zero attached hydrogens (tertiary/aromatic N) is 1. The minimum absolute atomic E-state index is 0.0763. The Bertz CT molecular complexity index is 275. The standard InChI is InChI=1S/C13H24N2O2/c1-9(2)11-5-13(16)15(6-11)7-12(14)10-3-4-17-8-10/h9-12H,3-8,14H2,1-2H3. The summed E-state index contributed by atoms with van der Waals surface area (Å²) in [5.74, 6) is 1.79. The molecule has 0 bridgehead atoms. The number of nitrogens with two attached hydrogens (primary N) is 1. The molecule has 0 radical (unpaired) electrons. The molecule has 0 saturated carbocycles. The van der Waals surface area contributed by atoms with Gasteiger partial charge in [-0.1, -0.05) is 13.8 Å². The SMILES string of the molecule is CC(C)C1CC(=O)N(CC(N)C2CCOC2)C1. The molecule has 0 aliphatic carbocycles. The lowest BCUT2D eigenvalue weighted by Crippen LogP contribution is -2.43. The van der Waals surface area contributed by atoms with Crippen molar-refractivity contribution in [3.63, 3.8) is 0 Å². The van der Waals surface area contributed by atoms with Gasteiger partial charge in [0, 0.05) is 38.1 Å². The number of hydrogen-bond acceptors (Lipinski definition) is 3. The van der Waals surface area contributed by atoms with Crippen molar-refractivity contribution < 1.29 is 9.53 Å². The van der Waals surface area contributed by atoms with Crippen LogP contribution in [0.1, 0.15) is 26.7 Å². The molecule has 0 aromatic rings. The van der Waals surface area contributed by atoms with Crippen LogP contribution >= 0.6 is 0 Å². The van der Waals surface area contributed by atoms with Crippen LogP contribution in [-0.4, -0.2) is 43.2 Å². The second kappa shape index (κ2) is 5.36. The number of likely N-dealkylation sites (tertiary alicyclic amines) is 1. The minimum Gasteiger partial charge on any atom is -0.381 e. The summed E-state index contributed by atoms with van der Waals surface area (Å²) >= 11 is 0. The van der Waals surface area contributed by atoms with Crippen molar-refractivity contribution in [2.75, 3.05) is 26.3 Å². The summed E-state index contributed by atoms with van der Waals surface area (Å²) in [5.41, 5.74) is 6.17. The zero-order valence-electron chi connectivity index (χ0n) is 10.9. The van der Waals surface area contributed by atoms with Gasteiger partial charge < -0.3 is 15.4 Å². The van der Waals surface area contributed by atoms with Crippen molar-refractivity contribution >= 4 is 5.91 Å². The van der Waals surface area contributed by atoms with E-state index < -0.39 is 0 Å². The van der Waals surface area contributed by atoms with Gasteiger partial charge in [0.15, 0.2) is 0 Å². The minimum atomic E-state index is 0.0763. The fourth-order valence-electron chi connectivity index (χ4n) is 2.72.